The molecule has 1 heterocycles. The Morgan fingerprint density at radius 2 is 1.83 bits per heavy atom. The van der Waals surface area contributed by atoms with Crippen molar-refractivity contribution in [2.45, 2.75) is 32.6 Å². The van der Waals surface area contributed by atoms with Crippen LogP contribution in [0.1, 0.15) is 31.0 Å². The van der Waals surface area contributed by atoms with Crippen molar-refractivity contribution in [1.82, 2.24) is 9.97 Å². The van der Waals surface area contributed by atoms with Gasteiger partial charge in [0.1, 0.15) is 17.3 Å². The molecule has 6 heteroatoms. The summed E-state index contributed by atoms with van der Waals surface area (Å²) in [6.07, 6.45) is 5.97. The Bertz CT molecular complexity index is 1020. The number of anilines is 2. The summed E-state index contributed by atoms with van der Waals surface area (Å²) in [7, 11) is 0. The van der Waals surface area contributed by atoms with E-state index in [1.807, 2.05) is 25.1 Å². The van der Waals surface area contributed by atoms with Gasteiger partial charge in [-0.25, -0.2) is 19.4 Å². The first-order valence-electron chi connectivity index (χ1n) is 10.4. The molecule has 0 atom stereocenters. The van der Waals surface area contributed by atoms with Gasteiger partial charge in [0.25, 0.3) is 0 Å². The average molecular weight is 404 g/mol. The molecule has 2 N–H and O–H groups in total. The van der Waals surface area contributed by atoms with E-state index < -0.39 is 0 Å². The highest BCUT2D eigenvalue weighted by atomic mass is 19.1. The van der Waals surface area contributed by atoms with Gasteiger partial charge < -0.3 is 10.6 Å². The number of hydrogen-bond acceptors (Lipinski definition) is 4. The smallest absolute Gasteiger partial charge is 0.223 e. The van der Waals surface area contributed by atoms with Crippen LogP contribution < -0.4 is 10.6 Å². The molecule has 4 rings (SSSR count). The summed E-state index contributed by atoms with van der Waals surface area (Å²) in [4.78, 5) is 13.6. The van der Waals surface area contributed by atoms with Crippen LogP contribution in [-0.2, 0) is 12.8 Å². The van der Waals surface area contributed by atoms with Crippen LogP contribution in [-0.4, -0.2) is 22.3 Å². The number of nitrogens with zero attached hydrogens (tertiary/aromatic N) is 3. The second kappa shape index (κ2) is 9.48. The number of halogens is 1. The lowest BCUT2D eigenvalue weighted by Gasteiger charge is -2.13. The second-order valence-electron chi connectivity index (χ2n) is 7.64. The molecule has 1 aliphatic rings. The molecule has 0 aliphatic heterocycles. The van der Waals surface area contributed by atoms with Crippen LogP contribution in [0, 0.1) is 11.7 Å². The topological polar surface area (TPSA) is 62.2 Å². The molecule has 0 saturated heterocycles. The zero-order valence-electron chi connectivity index (χ0n) is 17.1. The van der Waals surface area contributed by atoms with Gasteiger partial charge in [-0.15, -0.1) is 0 Å². The van der Waals surface area contributed by atoms with Gasteiger partial charge in [-0.2, -0.15) is 0 Å². The minimum atomic E-state index is -0.348. The fourth-order valence-electron chi connectivity index (χ4n) is 3.21. The zero-order valence-corrected chi connectivity index (χ0v) is 17.1. The van der Waals surface area contributed by atoms with Gasteiger partial charge in [-0.1, -0.05) is 42.5 Å². The van der Waals surface area contributed by atoms with Crippen LogP contribution >= 0.6 is 0 Å². The molecule has 0 spiro atoms. The number of amidine groups is 1. The maximum atomic E-state index is 13.9. The predicted molar refractivity (Wildman–Crippen MR) is 120 cm³/mol. The molecule has 1 aliphatic carbocycles. The number of aromatic nitrogens is 2. The van der Waals surface area contributed by atoms with Crippen molar-refractivity contribution in [3.63, 3.8) is 0 Å². The van der Waals surface area contributed by atoms with Crippen molar-refractivity contribution in [2.24, 2.45) is 10.9 Å². The maximum absolute atomic E-state index is 13.9. The Kier molecular flexibility index (Phi) is 6.32. The molecule has 154 valence electrons. The van der Waals surface area contributed by atoms with Gasteiger partial charge in [0, 0.05) is 6.54 Å². The van der Waals surface area contributed by atoms with Crippen LogP contribution in [0.4, 0.5) is 21.7 Å². The van der Waals surface area contributed by atoms with E-state index in [2.05, 4.69) is 32.7 Å². The summed E-state index contributed by atoms with van der Waals surface area (Å²) in [6, 6.07) is 16.8. The first-order valence-corrected chi connectivity index (χ1v) is 10.4. The molecule has 1 aromatic heterocycles. The van der Waals surface area contributed by atoms with E-state index >= 15 is 0 Å². The minimum Gasteiger partial charge on any atom is -0.354 e. The number of aryl methyl sites for hydroxylation is 2. The summed E-state index contributed by atoms with van der Waals surface area (Å²) >= 11 is 0. The summed E-state index contributed by atoms with van der Waals surface area (Å²) in [6.45, 7) is 2.73. The number of benzene rings is 2. The van der Waals surface area contributed by atoms with E-state index in [4.69, 9.17) is 4.98 Å². The van der Waals surface area contributed by atoms with Crippen LogP contribution in [0.5, 0.6) is 0 Å². The van der Waals surface area contributed by atoms with Crippen molar-refractivity contribution >= 4 is 23.2 Å². The molecule has 0 unspecified atom stereocenters. The van der Waals surface area contributed by atoms with Crippen molar-refractivity contribution in [2.75, 3.05) is 17.2 Å². The number of nitrogens with one attached hydrogen (secondary N) is 2. The molecule has 1 saturated carbocycles. The van der Waals surface area contributed by atoms with Crippen LogP contribution in [0.2, 0.25) is 0 Å². The molecule has 0 radical (unpaired) electrons. The molecule has 5 nitrogen and oxygen atoms in total. The normalized spacial score (nSPS) is 13.9. The maximum Gasteiger partial charge on any atom is 0.223 e. The Hall–Kier alpha value is -3.28. The van der Waals surface area contributed by atoms with Gasteiger partial charge in [-0.3, -0.25) is 0 Å². The van der Waals surface area contributed by atoms with E-state index in [1.54, 1.807) is 24.4 Å². The van der Waals surface area contributed by atoms with Gasteiger partial charge in [0.2, 0.25) is 5.95 Å². The predicted octanol–water partition coefficient (Wildman–Crippen LogP) is 5.38. The zero-order chi connectivity index (χ0) is 20.8. The van der Waals surface area contributed by atoms with Crippen molar-refractivity contribution in [3.8, 4) is 0 Å². The molecule has 3 aromatic rings. The molecule has 0 bridgehead atoms. The lowest BCUT2D eigenvalue weighted by atomic mass is 10.1. The number of rotatable bonds is 8. The fourth-order valence-corrected chi connectivity index (χ4v) is 3.21. The van der Waals surface area contributed by atoms with E-state index in [0.29, 0.717) is 17.5 Å². The standard InChI is InChI=1S/C24H26FN5/c1-17(28-21-10-6-5-9-20(21)25)29-23-16-27-24(26-15-19-11-12-19)30-22(23)14-13-18-7-3-2-4-8-18/h2-10,16,19H,11-15H2,1H3,(H,28,29)(H,26,27,30). The van der Waals surface area contributed by atoms with E-state index in [1.165, 1.54) is 24.5 Å². The average Bonchev–Trinajstić information content (AvgIpc) is 3.59. The molecule has 30 heavy (non-hydrogen) atoms. The molecular formula is C24H26FN5. The van der Waals surface area contributed by atoms with Gasteiger partial charge in [0.05, 0.1) is 17.6 Å². The summed E-state index contributed by atoms with van der Waals surface area (Å²) in [5.41, 5.74) is 3.26. The molecule has 1 fully saturated rings. The monoisotopic (exact) mass is 403 g/mol. The van der Waals surface area contributed by atoms with Crippen molar-refractivity contribution in [3.05, 3.63) is 77.9 Å². The van der Waals surface area contributed by atoms with E-state index in [-0.39, 0.29) is 5.82 Å². The van der Waals surface area contributed by atoms with Crippen LogP contribution in [0.25, 0.3) is 0 Å². The summed E-state index contributed by atoms with van der Waals surface area (Å²) < 4.78 is 13.9. The second-order valence-corrected chi connectivity index (χ2v) is 7.64. The molecule has 2 aromatic carbocycles. The van der Waals surface area contributed by atoms with E-state index in [9.17, 15) is 4.39 Å². The Balaban J connectivity index is 1.52. The quantitative estimate of drug-likeness (QED) is 0.391. The Morgan fingerprint density at radius 1 is 1.07 bits per heavy atom. The van der Waals surface area contributed by atoms with Crippen molar-refractivity contribution in [1.29, 1.82) is 0 Å². The highest BCUT2D eigenvalue weighted by molar-refractivity contribution is 5.95. The third-order valence-electron chi connectivity index (χ3n) is 5.06. The first-order chi connectivity index (χ1) is 14.7. The first kappa shape index (κ1) is 20.0. The highest BCUT2D eigenvalue weighted by Crippen LogP contribution is 2.28. The Labute approximate surface area is 176 Å². The SMILES string of the molecule is CC(=Nc1ccccc1F)Nc1cnc(NCC2CC2)nc1CCc1ccccc1. The number of aliphatic imine (C=N–C) groups is 1. The highest BCUT2D eigenvalue weighted by Gasteiger charge is 2.21. The third kappa shape index (κ3) is 5.63. The van der Waals surface area contributed by atoms with Gasteiger partial charge in [-0.05, 0) is 56.2 Å². The third-order valence-corrected chi connectivity index (χ3v) is 5.06. The summed E-state index contributed by atoms with van der Waals surface area (Å²) in [5.74, 6) is 1.63. The minimum absolute atomic E-state index is 0.303. The van der Waals surface area contributed by atoms with Crippen LogP contribution in [0.15, 0.2) is 65.8 Å². The van der Waals surface area contributed by atoms with E-state index in [0.717, 1.165) is 36.7 Å². The van der Waals surface area contributed by atoms with Crippen molar-refractivity contribution < 1.29 is 4.39 Å². The lowest BCUT2D eigenvalue weighted by molar-refractivity contribution is 0.630. The largest absolute Gasteiger partial charge is 0.354 e. The number of hydrogen-bond donors (Lipinski definition) is 2. The summed E-state index contributed by atoms with van der Waals surface area (Å²) in [5, 5.41) is 6.60. The number of para-hydroxylation sites is 1. The Morgan fingerprint density at radius 3 is 2.60 bits per heavy atom. The molecular weight excluding hydrogens is 377 g/mol. The fraction of sp³-hybridized carbons (Fsp3) is 0.292. The van der Waals surface area contributed by atoms with Gasteiger partial charge >= 0.3 is 0 Å². The molecule has 0 amide bonds. The lowest BCUT2D eigenvalue weighted by Crippen LogP contribution is -2.14. The van der Waals surface area contributed by atoms with Gasteiger partial charge in [0.15, 0.2) is 0 Å². The van der Waals surface area contributed by atoms with Crippen LogP contribution in [0.3, 0.4) is 0 Å².